The summed E-state index contributed by atoms with van der Waals surface area (Å²) in [6.07, 6.45) is 4.41. The van der Waals surface area contributed by atoms with Gasteiger partial charge in [-0.3, -0.25) is 14.9 Å². The number of nitro groups is 1. The lowest BCUT2D eigenvalue weighted by atomic mass is 10.1. The van der Waals surface area contributed by atoms with E-state index in [1.54, 1.807) is 4.90 Å². The van der Waals surface area contributed by atoms with Gasteiger partial charge in [0.25, 0.3) is 11.6 Å². The van der Waals surface area contributed by atoms with E-state index in [9.17, 15) is 19.3 Å². The fourth-order valence-corrected chi connectivity index (χ4v) is 2.43. The zero-order chi connectivity index (χ0) is 15.0. The van der Waals surface area contributed by atoms with Gasteiger partial charge in [-0.15, -0.1) is 0 Å². The molecule has 3 rings (SSSR count). The van der Waals surface area contributed by atoms with Crippen molar-refractivity contribution in [3.8, 4) is 0 Å². The number of rotatable bonds is 6. The van der Waals surface area contributed by atoms with Crippen molar-refractivity contribution in [3.05, 3.63) is 39.7 Å². The van der Waals surface area contributed by atoms with Gasteiger partial charge in [0.15, 0.2) is 0 Å². The molecule has 0 atom stereocenters. The highest BCUT2D eigenvalue weighted by Crippen LogP contribution is 2.34. The van der Waals surface area contributed by atoms with Crippen molar-refractivity contribution in [3.63, 3.8) is 0 Å². The van der Waals surface area contributed by atoms with Gasteiger partial charge in [0.1, 0.15) is 5.82 Å². The average Bonchev–Trinajstić information content (AvgIpc) is 3.32. The van der Waals surface area contributed by atoms with Crippen LogP contribution in [0.1, 0.15) is 36.0 Å². The van der Waals surface area contributed by atoms with E-state index in [0.717, 1.165) is 43.9 Å². The minimum Gasteiger partial charge on any atom is -0.338 e. The van der Waals surface area contributed by atoms with Crippen LogP contribution in [0.4, 0.5) is 10.1 Å². The number of amides is 1. The van der Waals surface area contributed by atoms with Crippen molar-refractivity contribution in [1.29, 1.82) is 0 Å². The smallest absolute Gasteiger partial charge is 0.270 e. The Bertz CT molecular complexity index is 568. The Hall–Kier alpha value is -1.98. The summed E-state index contributed by atoms with van der Waals surface area (Å²) < 4.78 is 13.9. The molecule has 0 radical (unpaired) electrons. The first-order chi connectivity index (χ1) is 10.0. The predicted octanol–water partition coefficient (Wildman–Crippen LogP) is 3.00. The SMILES string of the molecule is O=C(c1cc([N+](=O)[O-])ccc1F)N(CC1CC1)CC1CC1. The number of nitro benzene ring substituents is 1. The molecule has 1 amide bonds. The predicted molar refractivity (Wildman–Crippen MR) is 74.4 cm³/mol. The van der Waals surface area contributed by atoms with E-state index in [-0.39, 0.29) is 11.3 Å². The summed E-state index contributed by atoms with van der Waals surface area (Å²) in [5.41, 5.74) is -0.442. The van der Waals surface area contributed by atoms with E-state index in [1.807, 2.05) is 0 Å². The quantitative estimate of drug-likeness (QED) is 0.598. The Morgan fingerprint density at radius 2 is 1.81 bits per heavy atom. The maximum atomic E-state index is 13.9. The summed E-state index contributed by atoms with van der Waals surface area (Å²) in [6, 6.07) is 3.13. The monoisotopic (exact) mass is 292 g/mol. The molecule has 2 aliphatic rings. The summed E-state index contributed by atoms with van der Waals surface area (Å²) in [6.45, 7) is 1.27. The maximum Gasteiger partial charge on any atom is 0.270 e. The summed E-state index contributed by atoms with van der Waals surface area (Å²) in [5.74, 6) is -0.0962. The Morgan fingerprint density at radius 3 is 2.29 bits per heavy atom. The minimum absolute atomic E-state index is 0.189. The second kappa shape index (κ2) is 5.42. The van der Waals surface area contributed by atoms with Gasteiger partial charge in [0.2, 0.25) is 0 Å². The van der Waals surface area contributed by atoms with Gasteiger partial charge < -0.3 is 4.90 Å². The Balaban J connectivity index is 1.82. The molecule has 0 aliphatic heterocycles. The molecule has 0 saturated heterocycles. The van der Waals surface area contributed by atoms with Gasteiger partial charge in [0, 0.05) is 25.2 Å². The molecule has 6 heteroatoms. The van der Waals surface area contributed by atoms with E-state index >= 15 is 0 Å². The lowest BCUT2D eigenvalue weighted by Crippen LogP contribution is -2.35. The summed E-state index contributed by atoms with van der Waals surface area (Å²) in [7, 11) is 0. The van der Waals surface area contributed by atoms with Crippen LogP contribution in [-0.2, 0) is 0 Å². The molecule has 112 valence electrons. The standard InChI is InChI=1S/C15H17FN2O3/c16-14-6-5-12(18(20)21)7-13(14)15(19)17(8-10-1-2-10)9-11-3-4-11/h5-7,10-11H,1-4,8-9H2. The Kier molecular flexibility index (Phi) is 3.61. The van der Waals surface area contributed by atoms with E-state index < -0.39 is 16.6 Å². The van der Waals surface area contributed by atoms with E-state index in [1.165, 1.54) is 0 Å². The summed E-state index contributed by atoms with van der Waals surface area (Å²) in [4.78, 5) is 24.4. The van der Waals surface area contributed by atoms with Crippen LogP contribution in [0.15, 0.2) is 18.2 Å². The number of hydrogen-bond donors (Lipinski definition) is 0. The molecule has 1 aromatic carbocycles. The fourth-order valence-electron chi connectivity index (χ4n) is 2.43. The molecule has 0 heterocycles. The van der Waals surface area contributed by atoms with Crippen LogP contribution in [-0.4, -0.2) is 28.8 Å². The third-order valence-corrected chi connectivity index (χ3v) is 4.03. The fraction of sp³-hybridized carbons (Fsp3) is 0.533. The topological polar surface area (TPSA) is 63.4 Å². The van der Waals surface area contributed by atoms with Gasteiger partial charge in [-0.25, -0.2) is 4.39 Å². The first-order valence-electron chi connectivity index (χ1n) is 7.28. The van der Waals surface area contributed by atoms with Gasteiger partial charge in [-0.05, 0) is 43.6 Å². The van der Waals surface area contributed by atoms with Crippen molar-refractivity contribution >= 4 is 11.6 Å². The maximum absolute atomic E-state index is 13.9. The minimum atomic E-state index is -0.692. The first-order valence-corrected chi connectivity index (χ1v) is 7.28. The zero-order valence-electron chi connectivity index (χ0n) is 11.6. The summed E-state index contributed by atoms with van der Waals surface area (Å²) >= 11 is 0. The average molecular weight is 292 g/mol. The molecule has 0 aromatic heterocycles. The molecular weight excluding hydrogens is 275 g/mol. The second-order valence-corrected chi connectivity index (χ2v) is 6.02. The number of nitrogens with zero attached hydrogens (tertiary/aromatic N) is 2. The molecule has 0 unspecified atom stereocenters. The molecule has 0 bridgehead atoms. The number of carbonyl (C=O) groups is 1. The molecule has 0 spiro atoms. The molecule has 2 aliphatic carbocycles. The van der Waals surface area contributed by atoms with E-state index in [4.69, 9.17) is 0 Å². The van der Waals surface area contributed by atoms with Crippen LogP contribution in [0.25, 0.3) is 0 Å². The van der Waals surface area contributed by atoms with Crippen molar-refractivity contribution < 1.29 is 14.1 Å². The van der Waals surface area contributed by atoms with Crippen LogP contribution in [0, 0.1) is 27.8 Å². The van der Waals surface area contributed by atoms with Crippen LogP contribution in [0.2, 0.25) is 0 Å². The summed E-state index contributed by atoms with van der Waals surface area (Å²) in [5, 5.41) is 10.8. The highest BCUT2D eigenvalue weighted by molar-refractivity contribution is 5.95. The second-order valence-electron chi connectivity index (χ2n) is 6.02. The highest BCUT2D eigenvalue weighted by atomic mass is 19.1. The molecule has 1 aromatic rings. The van der Waals surface area contributed by atoms with Crippen LogP contribution in [0.5, 0.6) is 0 Å². The third-order valence-electron chi connectivity index (χ3n) is 4.03. The van der Waals surface area contributed by atoms with E-state index in [0.29, 0.717) is 24.9 Å². The third kappa shape index (κ3) is 3.37. The van der Waals surface area contributed by atoms with Gasteiger partial charge in [-0.1, -0.05) is 0 Å². The van der Waals surface area contributed by atoms with Crippen LogP contribution in [0.3, 0.4) is 0 Å². The Morgan fingerprint density at radius 1 is 1.24 bits per heavy atom. The number of halogens is 1. The van der Waals surface area contributed by atoms with Gasteiger partial charge >= 0.3 is 0 Å². The van der Waals surface area contributed by atoms with Crippen molar-refractivity contribution in [2.75, 3.05) is 13.1 Å². The van der Waals surface area contributed by atoms with Crippen molar-refractivity contribution in [2.45, 2.75) is 25.7 Å². The normalized spacial score (nSPS) is 17.6. The lowest BCUT2D eigenvalue weighted by molar-refractivity contribution is -0.384. The number of carbonyl (C=O) groups excluding carboxylic acids is 1. The molecular formula is C15H17FN2O3. The zero-order valence-corrected chi connectivity index (χ0v) is 11.6. The lowest BCUT2D eigenvalue weighted by Gasteiger charge is -2.22. The molecule has 2 fully saturated rings. The van der Waals surface area contributed by atoms with Crippen molar-refractivity contribution in [1.82, 2.24) is 4.90 Å². The van der Waals surface area contributed by atoms with Gasteiger partial charge in [0.05, 0.1) is 10.5 Å². The molecule has 5 nitrogen and oxygen atoms in total. The number of benzene rings is 1. The van der Waals surface area contributed by atoms with Gasteiger partial charge in [-0.2, -0.15) is 0 Å². The Labute approximate surface area is 121 Å². The molecule has 21 heavy (non-hydrogen) atoms. The largest absolute Gasteiger partial charge is 0.338 e. The number of non-ortho nitro benzene ring substituents is 1. The van der Waals surface area contributed by atoms with E-state index in [2.05, 4.69) is 0 Å². The first kappa shape index (κ1) is 14.0. The van der Waals surface area contributed by atoms with Crippen LogP contribution < -0.4 is 0 Å². The van der Waals surface area contributed by atoms with Crippen LogP contribution >= 0.6 is 0 Å². The molecule has 2 saturated carbocycles. The molecule has 0 N–H and O–H groups in total. The highest BCUT2D eigenvalue weighted by Gasteiger charge is 2.33. The van der Waals surface area contributed by atoms with Crippen molar-refractivity contribution in [2.24, 2.45) is 11.8 Å². The number of hydrogen-bond acceptors (Lipinski definition) is 3.